The Kier molecular flexibility index (Phi) is 10.1. The fraction of sp³-hybridized carbons (Fsp3) is 0.115. The number of nitriles is 1. The molecule has 0 spiro atoms. The van der Waals surface area contributed by atoms with Gasteiger partial charge in [0, 0.05) is 11.4 Å². The molecular weight excluding hydrogens is 560 g/mol. The Morgan fingerprint density at radius 3 is 2.11 bits per heavy atom. The van der Waals surface area contributed by atoms with Crippen molar-refractivity contribution in [2.45, 2.75) is 6.92 Å². The van der Waals surface area contributed by atoms with Crippen LogP contribution in [-0.2, 0) is 9.59 Å². The molecular formula is C26H19Cl4N3O4. The second kappa shape index (κ2) is 13.2. The topological polar surface area (TPSA) is 100 Å². The largest absolute Gasteiger partial charge is 0.494 e. The molecule has 7 nitrogen and oxygen atoms in total. The van der Waals surface area contributed by atoms with Crippen molar-refractivity contribution in [2.75, 3.05) is 23.8 Å². The van der Waals surface area contributed by atoms with Gasteiger partial charge in [0.2, 0.25) is 0 Å². The van der Waals surface area contributed by atoms with Crippen molar-refractivity contribution in [2.24, 2.45) is 0 Å². The lowest BCUT2D eigenvalue weighted by molar-refractivity contribution is -0.118. The highest BCUT2D eigenvalue weighted by Gasteiger charge is 2.15. The van der Waals surface area contributed by atoms with Crippen molar-refractivity contribution < 1.29 is 19.1 Å². The van der Waals surface area contributed by atoms with E-state index < -0.39 is 11.8 Å². The number of ether oxygens (including phenoxy) is 2. The molecule has 37 heavy (non-hydrogen) atoms. The monoisotopic (exact) mass is 577 g/mol. The molecule has 0 aliphatic rings. The van der Waals surface area contributed by atoms with Crippen LogP contribution in [0.5, 0.6) is 11.5 Å². The average Bonchev–Trinajstić information content (AvgIpc) is 2.85. The van der Waals surface area contributed by atoms with Crippen LogP contribution in [-0.4, -0.2) is 25.0 Å². The van der Waals surface area contributed by atoms with E-state index in [0.29, 0.717) is 39.3 Å². The minimum absolute atomic E-state index is 0.0714. The normalized spacial score (nSPS) is 10.9. The van der Waals surface area contributed by atoms with E-state index in [4.69, 9.17) is 55.9 Å². The van der Waals surface area contributed by atoms with Gasteiger partial charge in [0.25, 0.3) is 11.8 Å². The summed E-state index contributed by atoms with van der Waals surface area (Å²) in [5, 5.41) is 15.6. The van der Waals surface area contributed by atoms with Crippen LogP contribution < -0.4 is 20.1 Å². The van der Waals surface area contributed by atoms with Crippen molar-refractivity contribution in [3.8, 4) is 17.6 Å². The average molecular weight is 579 g/mol. The summed E-state index contributed by atoms with van der Waals surface area (Å²) >= 11 is 24.4. The Hall–Kier alpha value is -3.41. The van der Waals surface area contributed by atoms with Crippen LogP contribution in [0.25, 0.3) is 6.08 Å². The second-order valence-electron chi connectivity index (χ2n) is 7.36. The third-order valence-electron chi connectivity index (χ3n) is 4.67. The molecule has 11 heteroatoms. The van der Waals surface area contributed by atoms with Gasteiger partial charge in [-0.1, -0.05) is 46.4 Å². The van der Waals surface area contributed by atoms with Gasteiger partial charge in [0.15, 0.2) is 12.4 Å². The molecule has 2 amide bonds. The van der Waals surface area contributed by atoms with E-state index in [-0.39, 0.29) is 28.0 Å². The zero-order valence-corrected chi connectivity index (χ0v) is 22.3. The van der Waals surface area contributed by atoms with Gasteiger partial charge in [-0.25, -0.2) is 0 Å². The number of rotatable bonds is 9. The molecule has 190 valence electrons. The fourth-order valence-corrected chi connectivity index (χ4v) is 3.94. The third-order valence-corrected chi connectivity index (χ3v) is 5.97. The standard InChI is InChI=1S/C26H19Cl4N3O4/c1-2-36-19-6-3-17(4-7-19)33-26(35)16(13-31)9-15-10-22(29)25(23(30)11-15)37-14-24(34)32-18-5-8-20(27)21(28)12-18/h3-12H,2,14H2,1H3,(H,32,34)(H,33,35)/b16-9+. The van der Waals surface area contributed by atoms with Crippen LogP contribution >= 0.6 is 46.4 Å². The molecule has 0 aromatic heterocycles. The predicted molar refractivity (Wildman–Crippen MR) is 147 cm³/mol. The highest BCUT2D eigenvalue weighted by atomic mass is 35.5. The van der Waals surface area contributed by atoms with Gasteiger partial charge in [-0.2, -0.15) is 5.26 Å². The van der Waals surface area contributed by atoms with Gasteiger partial charge in [-0.05, 0) is 73.2 Å². The third kappa shape index (κ3) is 8.04. The lowest BCUT2D eigenvalue weighted by Crippen LogP contribution is -2.20. The number of nitrogens with zero attached hydrogens (tertiary/aromatic N) is 1. The molecule has 0 saturated heterocycles. The number of carbonyl (C=O) groups excluding carboxylic acids is 2. The highest BCUT2D eigenvalue weighted by Crippen LogP contribution is 2.35. The van der Waals surface area contributed by atoms with Gasteiger partial charge < -0.3 is 20.1 Å². The van der Waals surface area contributed by atoms with Gasteiger partial charge >= 0.3 is 0 Å². The summed E-state index contributed by atoms with van der Waals surface area (Å²) in [7, 11) is 0. The Morgan fingerprint density at radius 2 is 1.51 bits per heavy atom. The first-order valence-corrected chi connectivity index (χ1v) is 12.2. The maximum Gasteiger partial charge on any atom is 0.266 e. The van der Waals surface area contributed by atoms with Gasteiger partial charge in [-0.15, -0.1) is 0 Å². The molecule has 0 unspecified atom stereocenters. The van der Waals surface area contributed by atoms with Crippen LogP contribution in [0, 0.1) is 11.3 Å². The lowest BCUT2D eigenvalue weighted by atomic mass is 10.1. The van der Waals surface area contributed by atoms with Crippen molar-refractivity contribution in [3.63, 3.8) is 0 Å². The van der Waals surface area contributed by atoms with Crippen molar-refractivity contribution in [1.82, 2.24) is 0 Å². The van der Waals surface area contributed by atoms with Gasteiger partial charge in [0.1, 0.15) is 17.4 Å². The molecule has 0 saturated carbocycles. The molecule has 0 radical (unpaired) electrons. The zero-order valence-electron chi connectivity index (χ0n) is 19.3. The number of hydrogen-bond acceptors (Lipinski definition) is 5. The van der Waals surface area contributed by atoms with Crippen LogP contribution in [0.4, 0.5) is 11.4 Å². The van der Waals surface area contributed by atoms with Crippen molar-refractivity contribution >= 4 is 75.7 Å². The predicted octanol–water partition coefficient (Wildman–Crippen LogP) is 7.26. The van der Waals surface area contributed by atoms with Crippen LogP contribution in [0.2, 0.25) is 20.1 Å². The summed E-state index contributed by atoms with van der Waals surface area (Å²) in [5.74, 6) is -0.359. The number of nitrogens with one attached hydrogen (secondary N) is 2. The van der Waals surface area contributed by atoms with Crippen molar-refractivity contribution in [3.05, 3.63) is 85.8 Å². The minimum Gasteiger partial charge on any atom is -0.494 e. The van der Waals surface area contributed by atoms with Gasteiger partial charge in [-0.3, -0.25) is 9.59 Å². The molecule has 3 rings (SSSR count). The summed E-state index contributed by atoms with van der Waals surface area (Å²) in [6.07, 6.45) is 1.34. The Bertz CT molecular complexity index is 1360. The number of benzene rings is 3. The summed E-state index contributed by atoms with van der Waals surface area (Å²) < 4.78 is 10.9. The van der Waals surface area contributed by atoms with E-state index >= 15 is 0 Å². The Labute approximate surface area is 233 Å². The minimum atomic E-state index is -0.613. The fourth-order valence-electron chi connectivity index (χ4n) is 3.02. The van der Waals surface area contributed by atoms with E-state index in [1.807, 2.05) is 13.0 Å². The number of hydrogen-bond donors (Lipinski definition) is 2. The van der Waals surface area contributed by atoms with E-state index in [9.17, 15) is 14.9 Å². The summed E-state index contributed by atoms with van der Waals surface area (Å²) in [6.45, 7) is 2.00. The maximum atomic E-state index is 12.6. The summed E-state index contributed by atoms with van der Waals surface area (Å²) in [6, 6.07) is 16.2. The first-order chi connectivity index (χ1) is 17.7. The molecule has 2 N–H and O–H groups in total. The van der Waals surface area contributed by atoms with E-state index in [2.05, 4.69) is 10.6 Å². The molecule has 0 atom stereocenters. The molecule has 0 aliphatic carbocycles. The molecule has 0 heterocycles. The smallest absolute Gasteiger partial charge is 0.266 e. The number of carbonyl (C=O) groups is 2. The number of halogens is 4. The summed E-state index contributed by atoms with van der Waals surface area (Å²) in [4.78, 5) is 24.8. The Morgan fingerprint density at radius 1 is 0.865 bits per heavy atom. The molecule has 3 aromatic carbocycles. The zero-order chi connectivity index (χ0) is 26.9. The van der Waals surface area contributed by atoms with E-state index in [1.54, 1.807) is 36.4 Å². The van der Waals surface area contributed by atoms with Crippen LogP contribution in [0.3, 0.4) is 0 Å². The number of amides is 2. The van der Waals surface area contributed by atoms with Crippen LogP contribution in [0.1, 0.15) is 12.5 Å². The Balaban J connectivity index is 1.66. The first kappa shape index (κ1) is 28.2. The second-order valence-corrected chi connectivity index (χ2v) is 8.99. The van der Waals surface area contributed by atoms with E-state index in [1.165, 1.54) is 24.3 Å². The maximum absolute atomic E-state index is 12.6. The summed E-state index contributed by atoms with van der Waals surface area (Å²) in [5.41, 5.74) is 1.15. The SMILES string of the molecule is CCOc1ccc(NC(=O)/C(C#N)=C/c2cc(Cl)c(OCC(=O)Nc3ccc(Cl)c(Cl)c3)c(Cl)c2)cc1. The molecule has 3 aromatic rings. The lowest BCUT2D eigenvalue weighted by Gasteiger charge is -2.12. The molecule has 0 bridgehead atoms. The quantitative estimate of drug-likeness (QED) is 0.205. The first-order valence-electron chi connectivity index (χ1n) is 10.7. The van der Waals surface area contributed by atoms with E-state index in [0.717, 1.165) is 0 Å². The van der Waals surface area contributed by atoms with Gasteiger partial charge in [0.05, 0.1) is 26.7 Å². The highest BCUT2D eigenvalue weighted by molar-refractivity contribution is 6.42. The van der Waals surface area contributed by atoms with Crippen molar-refractivity contribution in [1.29, 1.82) is 5.26 Å². The molecule has 0 aliphatic heterocycles. The molecule has 0 fully saturated rings. The number of anilines is 2. The van der Waals surface area contributed by atoms with Crippen LogP contribution in [0.15, 0.2) is 60.2 Å².